The molecule has 2 aromatic carbocycles. The van der Waals surface area contributed by atoms with Gasteiger partial charge >= 0.3 is 0 Å². The first kappa shape index (κ1) is 23.2. The van der Waals surface area contributed by atoms with E-state index in [0.29, 0.717) is 25.7 Å². The standard InChI is InChI=1S/C20H27FN4O.HI/c1-22-20(23-14-16-7-6-9-18(21)13-16)24-15-17-8-4-5-10-19(17)26-12-11-25(2)3;/h4-10,13H,11-12,14-15H2,1-3H3,(H2,22,23,24);1H. The van der Waals surface area contributed by atoms with Crippen molar-refractivity contribution >= 4 is 29.9 Å². The van der Waals surface area contributed by atoms with Gasteiger partial charge < -0.3 is 20.3 Å². The number of aliphatic imine (C=N–C) groups is 1. The Morgan fingerprint density at radius 2 is 1.81 bits per heavy atom. The number of likely N-dealkylation sites (N-methyl/N-ethyl adjacent to an activating group) is 1. The molecule has 0 aliphatic carbocycles. The van der Waals surface area contributed by atoms with Crippen LogP contribution < -0.4 is 15.4 Å². The lowest BCUT2D eigenvalue weighted by Crippen LogP contribution is -2.36. The van der Waals surface area contributed by atoms with E-state index in [2.05, 4.69) is 20.5 Å². The molecule has 0 amide bonds. The Balaban J connectivity index is 0.00000364. The van der Waals surface area contributed by atoms with Gasteiger partial charge in [-0.2, -0.15) is 0 Å². The van der Waals surface area contributed by atoms with Gasteiger partial charge in [0.15, 0.2) is 5.96 Å². The van der Waals surface area contributed by atoms with Crippen molar-refractivity contribution in [2.75, 3.05) is 34.3 Å². The molecule has 0 saturated heterocycles. The Morgan fingerprint density at radius 1 is 1.07 bits per heavy atom. The third kappa shape index (κ3) is 8.57. The molecule has 27 heavy (non-hydrogen) atoms. The van der Waals surface area contributed by atoms with Gasteiger partial charge in [-0.3, -0.25) is 4.99 Å². The summed E-state index contributed by atoms with van der Waals surface area (Å²) < 4.78 is 19.1. The zero-order valence-corrected chi connectivity index (χ0v) is 18.4. The van der Waals surface area contributed by atoms with E-state index in [1.807, 2.05) is 44.4 Å². The maximum Gasteiger partial charge on any atom is 0.191 e. The molecule has 0 aliphatic rings. The summed E-state index contributed by atoms with van der Waals surface area (Å²) in [6.07, 6.45) is 0. The van der Waals surface area contributed by atoms with E-state index in [9.17, 15) is 4.39 Å². The van der Waals surface area contributed by atoms with Crippen molar-refractivity contribution in [3.63, 3.8) is 0 Å². The number of benzene rings is 2. The first-order valence-electron chi connectivity index (χ1n) is 8.63. The molecule has 0 aromatic heterocycles. The second kappa shape index (κ2) is 12.5. The number of hydrogen-bond donors (Lipinski definition) is 2. The Hall–Kier alpha value is -1.87. The zero-order chi connectivity index (χ0) is 18.8. The van der Waals surface area contributed by atoms with Crippen LogP contribution >= 0.6 is 24.0 Å². The third-order valence-electron chi connectivity index (χ3n) is 3.79. The highest BCUT2D eigenvalue weighted by molar-refractivity contribution is 14.0. The summed E-state index contributed by atoms with van der Waals surface area (Å²) in [5, 5.41) is 6.45. The van der Waals surface area contributed by atoms with E-state index in [1.54, 1.807) is 13.1 Å². The summed E-state index contributed by atoms with van der Waals surface area (Å²) in [6.45, 7) is 2.58. The Bertz CT molecular complexity index is 725. The SMILES string of the molecule is CN=C(NCc1cccc(F)c1)NCc1ccccc1OCCN(C)C.I. The second-order valence-corrected chi connectivity index (χ2v) is 6.17. The molecule has 2 rings (SSSR count). The van der Waals surface area contributed by atoms with Gasteiger partial charge in [-0.15, -0.1) is 24.0 Å². The molecule has 0 spiro atoms. The lowest BCUT2D eigenvalue weighted by atomic mass is 10.2. The minimum absolute atomic E-state index is 0. The van der Waals surface area contributed by atoms with Gasteiger partial charge in [-0.05, 0) is 37.9 Å². The number of ether oxygens (including phenoxy) is 1. The van der Waals surface area contributed by atoms with Gasteiger partial charge in [-0.25, -0.2) is 4.39 Å². The summed E-state index contributed by atoms with van der Waals surface area (Å²) in [7, 11) is 5.75. The number of halogens is 2. The second-order valence-electron chi connectivity index (χ2n) is 6.17. The predicted octanol–water partition coefficient (Wildman–Crippen LogP) is 3.25. The molecule has 148 valence electrons. The van der Waals surface area contributed by atoms with E-state index in [4.69, 9.17) is 4.74 Å². The molecule has 2 aromatic rings. The van der Waals surface area contributed by atoms with E-state index >= 15 is 0 Å². The average molecular weight is 486 g/mol. The van der Waals surface area contributed by atoms with Gasteiger partial charge in [0.2, 0.25) is 0 Å². The van der Waals surface area contributed by atoms with Gasteiger partial charge in [-0.1, -0.05) is 30.3 Å². The van der Waals surface area contributed by atoms with Crippen LogP contribution in [0.1, 0.15) is 11.1 Å². The van der Waals surface area contributed by atoms with Crippen LogP contribution in [0.3, 0.4) is 0 Å². The highest BCUT2D eigenvalue weighted by Crippen LogP contribution is 2.17. The van der Waals surface area contributed by atoms with Crippen molar-refractivity contribution in [3.8, 4) is 5.75 Å². The molecule has 0 atom stereocenters. The van der Waals surface area contributed by atoms with E-state index < -0.39 is 0 Å². The normalized spacial score (nSPS) is 11.1. The monoisotopic (exact) mass is 486 g/mol. The van der Waals surface area contributed by atoms with E-state index in [0.717, 1.165) is 23.4 Å². The van der Waals surface area contributed by atoms with Gasteiger partial charge in [0.05, 0.1) is 0 Å². The Morgan fingerprint density at radius 3 is 2.52 bits per heavy atom. The Kier molecular flexibility index (Phi) is 10.7. The molecular weight excluding hydrogens is 458 g/mol. The minimum Gasteiger partial charge on any atom is -0.492 e. The molecular formula is C20H28FIN4O. The fraction of sp³-hybridized carbons (Fsp3) is 0.350. The van der Waals surface area contributed by atoms with Crippen molar-refractivity contribution in [1.29, 1.82) is 0 Å². The molecule has 0 heterocycles. The maximum atomic E-state index is 13.2. The summed E-state index contributed by atoms with van der Waals surface area (Å²) in [6, 6.07) is 14.5. The van der Waals surface area contributed by atoms with Crippen LogP contribution in [0, 0.1) is 5.82 Å². The third-order valence-corrected chi connectivity index (χ3v) is 3.79. The lowest BCUT2D eigenvalue weighted by Gasteiger charge is -2.16. The van der Waals surface area contributed by atoms with Gasteiger partial charge in [0.1, 0.15) is 18.2 Å². The van der Waals surface area contributed by atoms with Crippen LogP contribution in [0.15, 0.2) is 53.5 Å². The summed E-state index contributed by atoms with van der Waals surface area (Å²) >= 11 is 0. The molecule has 0 radical (unpaired) electrons. The number of hydrogen-bond acceptors (Lipinski definition) is 3. The fourth-order valence-corrected chi connectivity index (χ4v) is 2.36. The highest BCUT2D eigenvalue weighted by Gasteiger charge is 2.05. The summed E-state index contributed by atoms with van der Waals surface area (Å²) in [5.74, 6) is 1.27. The molecule has 0 unspecified atom stereocenters. The Labute approximate surface area is 178 Å². The molecule has 5 nitrogen and oxygen atoms in total. The predicted molar refractivity (Wildman–Crippen MR) is 119 cm³/mol. The molecule has 0 saturated carbocycles. The van der Waals surface area contributed by atoms with Crippen molar-refractivity contribution < 1.29 is 9.13 Å². The van der Waals surface area contributed by atoms with Crippen LogP contribution in [-0.2, 0) is 13.1 Å². The number of nitrogens with zero attached hydrogens (tertiary/aromatic N) is 2. The largest absolute Gasteiger partial charge is 0.492 e. The summed E-state index contributed by atoms with van der Waals surface area (Å²) in [5.41, 5.74) is 1.92. The minimum atomic E-state index is -0.240. The van der Waals surface area contributed by atoms with Gasteiger partial charge in [0, 0.05) is 32.2 Å². The molecule has 2 N–H and O–H groups in total. The van der Waals surface area contributed by atoms with Crippen molar-refractivity contribution in [2.24, 2.45) is 4.99 Å². The van der Waals surface area contributed by atoms with Crippen LogP contribution in [0.5, 0.6) is 5.75 Å². The smallest absolute Gasteiger partial charge is 0.191 e. The maximum absolute atomic E-state index is 13.2. The van der Waals surface area contributed by atoms with Crippen LogP contribution in [0.25, 0.3) is 0 Å². The first-order chi connectivity index (χ1) is 12.6. The topological polar surface area (TPSA) is 48.9 Å². The molecule has 0 fully saturated rings. The molecule has 0 bridgehead atoms. The fourth-order valence-electron chi connectivity index (χ4n) is 2.36. The van der Waals surface area contributed by atoms with Crippen molar-refractivity contribution in [3.05, 3.63) is 65.5 Å². The number of para-hydroxylation sites is 1. The van der Waals surface area contributed by atoms with Gasteiger partial charge in [0.25, 0.3) is 0 Å². The van der Waals surface area contributed by atoms with Crippen molar-refractivity contribution in [2.45, 2.75) is 13.1 Å². The highest BCUT2D eigenvalue weighted by atomic mass is 127. The number of nitrogens with one attached hydrogen (secondary N) is 2. The molecule has 0 aliphatic heterocycles. The van der Waals surface area contributed by atoms with Crippen molar-refractivity contribution in [1.82, 2.24) is 15.5 Å². The van der Waals surface area contributed by atoms with E-state index in [1.165, 1.54) is 12.1 Å². The number of guanidine groups is 1. The quantitative estimate of drug-likeness (QED) is 0.342. The summed E-state index contributed by atoms with van der Waals surface area (Å²) in [4.78, 5) is 6.29. The zero-order valence-electron chi connectivity index (χ0n) is 16.0. The van der Waals surface area contributed by atoms with Crippen LogP contribution in [-0.4, -0.2) is 45.2 Å². The molecule has 7 heteroatoms. The lowest BCUT2D eigenvalue weighted by molar-refractivity contribution is 0.259. The van der Waals surface area contributed by atoms with E-state index in [-0.39, 0.29) is 29.8 Å². The number of rotatable bonds is 8. The van der Waals surface area contributed by atoms with Crippen LogP contribution in [0.2, 0.25) is 0 Å². The van der Waals surface area contributed by atoms with Crippen LogP contribution in [0.4, 0.5) is 4.39 Å². The first-order valence-corrected chi connectivity index (χ1v) is 8.63. The average Bonchev–Trinajstić information content (AvgIpc) is 2.62.